The summed E-state index contributed by atoms with van der Waals surface area (Å²) in [5.74, 6) is -0.119. The molecule has 1 aromatic carbocycles. The van der Waals surface area contributed by atoms with Gasteiger partial charge in [-0.05, 0) is 18.4 Å². The van der Waals surface area contributed by atoms with Gasteiger partial charge in [0, 0.05) is 10.6 Å². The van der Waals surface area contributed by atoms with Crippen LogP contribution < -0.4 is 5.73 Å². The average molecular weight is 273 g/mol. The number of nitrogens with two attached hydrogens (primary N) is 1. The van der Waals surface area contributed by atoms with Crippen molar-refractivity contribution >= 4 is 29.3 Å². The molecule has 1 heterocycles. The molecule has 0 saturated heterocycles. The van der Waals surface area contributed by atoms with E-state index in [9.17, 15) is 4.39 Å². The summed E-state index contributed by atoms with van der Waals surface area (Å²) in [5, 5.41) is 8.61. The maximum Gasteiger partial charge on any atom is 0.223 e. The molecule has 4 nitrogen and oxygen atoms in total. The van der Waals surface area contributed by atoms with Crippen LogP contribution in [0, 0.1) is 5.82 Å². The van der Waals surface area contributed by atoms with Crippen LogP contribution in [-0.2, 0) is 6.54 Å². The van der Waals surface area contributed by atoms with E-state index in [4.69, 9.17) is 17.3 Å². The largest absolute Gasteiger partial charge is 0.368 e. The molecule has 7 heteroatoms. The van der Waals surface area contributed by atoms with Crippen molar-refractivity contribution in [1.82, 2.24) is 14.8 Å². The summed E-state index contributed by atoms with van der Waals surface area (Å²) in [6, 6.07) is 4.56. The fourth-order valence-corrected chi connectivity index (χ4v) is 2.16. The van der Waals surface area contributed by atoms with E-state index >= 15 is 0 Å². The van der Waals surface area contributed by atoms with Gasteiger partial charge in [-0.1, -0.05) is 29.4 Å². The van der Waals surface area contributed by atoms with Gasteiger partial charge in [0.25, 0.3) is 0 Å². The summed E-state index contributed by atoms with van der Waals surface area (Å²) in [6.07, 6.45) is 1.85. The Labute approximate surface area is 107 Å². The minimum absolute atomic E-state index is 0.223. The van der Waals surface area contributed by atoms with Crippen LogP contribution in [0.1, 0.15) is 5.56 Å². The molecule has 0 unspecified atom stereocenters. The topological polar surface area (TPSA) is 56.7 Å². The fourth-order valence-electron chi connectivity index (χ4n) is 1.44. The third-order valence-corrected chi connectivity index (χ3v) is 3.33. The smallest absolute Gasteiger partial charge is 0.223 e. The van der Waals surface area contributed by atoms with Crippen LogP contribution in [0.3, 0.4) is 0 Å². The monoisotopic (exact) mass is 272 g/mol. The molecule has 0 fully saturated rings. The lowest BCUT2D eigenvalue weighted by Crippen LogP contribution is -2.07. The predicted molar refractivity (Wildman–Crippen MR) is 66.7 cm³/mol. The zero-order valence-electron chi connectivity index (χ0n) is 9.02. The Morgan fingerprint density at radius 1 is 1.47 bits per heavy atom. The Morgan fingerprint density at radius 2 is 2.24 bits per heavy atom. The van der Waals surface area contributed by atoms with Gasteiger partial charge in [0.05, 0.1) is 6.54 Å². The second-order valence-corrected chi connectivity index (χ2v) is 4.51. The van der Waals surface area contributed by atoms with Gasteiger partial charge in [-0.25, -0.2) is 4.39 Å². The molecular formula is C10H10ClFN4S. The van der Waals surface area contributed by atoms with Crippen LogP contribution in [0.25, 0.3) is 0 Å². The summed E-state index contributed by atoms with van der Waals surface area (Å²) in [6.45, 7) is 0.223. The summed E-state index contributed by atoms with van der Waals surface area (Å²) >= 11 is 7.34. The molecule has 0 spiro atoms. The number of hydrogen-bond donors (Lipinski definition) is 1. The van der Waals surface area contributed by atoms with Crippen molar-refractivity contribution in [3.8, 4) is 0 Å². The van der Waals surface area contributed by atoms with Crippen molar-refractivity contribution < 1.29 is 4.39 Å². The van der Waals surface area contributed by atoms with Gasteiger partial charge < -0.3 is 5.73 Å². The lowest BCUT2D eigenvalue weighted by Gasteiger charge is -2.09. The van der Waals surface area contributed by atoms with Crippen molar-refractivity contribution in [1.29, 1.82) is 0 Å². The first kappa shape index (κ1) is 12.2. The number of halogens is 2. The number of aromatic nitrogens is 3. The summed E-state index contributed by atoms with van der Waals surface area (Å²) in [4.78, 5) is 0. The van der Waals surface area contributed by atoms with Crippen LogP contribution >= 0.6 is 23.4 Å². The van der Waals surface area contributed by atoms with Crippen LogP contribution in [0.4, 0.5) is 10.3 Å². The molecule has 90 valence electrons. The van der Waals surface area contributed by atoms with Crippen LogP contribution in [0.5, 0.6) is 0 Å². The fraction of sp³-hybridized carbons (Fsp3) is 0.200. The lowest BCUT2D eigenvalue weighted by atomic mass is 10.2. The molecule has 2 aromatic rings. The number of nitrogen functional groups attached to an aromatic ring is 1. The van der Waals surface area contributed by atoms with E-state index in [1.54, 1.807) is 16.7 Å². The first-order chi connectivity index (χ1) is 8.13. The SMILES string of the molecule is CSc1nnc(N)n1Cc1c(F)cccc1Cl. The molecule has 2 rings (SSSR count). The van der Waals surface area contributed by atoms with E-state index in [0.29, 0.717) is 15.7 Å². The number of thioether (sulfide) groups is 1. The normalized spacial score (nSPS) is 10.8. The van der Waals surface area contributed by atoms with Crippen molar-refractivity contribution in [3.63, 3.8) is 0 Å². The zero-order chi connectivity index (χ0) is 12.4. The van der Waals surface area contributed by atoms with Crippen LogP contribution in [-0.4, -0.2) is 21.0 Å². The Balaban J connectivity index is 2.41. The molecule has 0 aliphatic rings. The summed E-state index contributed by atoms with van der Waals surface area (Å²) < 4.78 is 15.2. The van der Waals surface area contributed by atoms with E-state index < -0.39 is 0 Å². The summed E-state index contributed by atoms with van der Waals surface area (Å²) in [5.41, 5.74) is 6.06. The summed E-state index contributed by atoms with van der Waals surface area (Å²) in [7, 11) is 0. The molecule has 17 heavy (non-hydrogen) atoms. The molecular weight excluding hydrogens is 263 g/mol. The molecule has 0 aliphatic heterocycles. The molecule has 0 radical (unpaired) electrons. The minimum Gasteiger partial charge on any atom is -0.368 e. The Morgan fingerprint density at radius 3 is 2.88 bits per heavy atom. The van der Waals surface area contributed by atoms with Crippen molar-refractivity contribution in [2.45, 2.75) is 11.7 Å². The van der Waals surface area contributed by atoms with Crippen LogP contribution in [0.2, 0.25) is 5.02 Å². The minimum atomic E-state index is -0.363. The average Bonchev–Trinajstić information content (AvgIpc) is 2.65. The Bertz CT molecular complexity index is 523. The Hall–Kier alpha value is -1.27. The standard InChI is InChI=1S/C10H10ClFN4S/c1-17-10-15-14-9(13)16(10)5-6-7(11)3-2-4-8(6)12/h2-4H,5H2,1H3,(H2,13,14). The van der Waals surface area contributed by atoms with Gasteiger partial charge in [0.1, 0.15) is 5.82 Å². The van der Waals surface area contributed by atoms with Gasteiger partial charge in [0.2, 0.25) is 5.95 Å². The molecule has 2 N–H and O–H groups in total. The van der Waals surface area contributed by atoms with E-state index in [1.807, 2.05) is 6.26 Å². The number of hydrogen-bond acceptors (Lipinski definition) is 4. The number of nitrogens with zero attached hydrogens (tertiary/aromatic N) is 3. The van der Waals surface area contributed by atoms with Crippen molar-refractivity contribution in [2.75, 3.05) is 12.0 Å². The van der Waals surface area contributed by atoms with E-state index in [1.165, 1.54) is 17.8 Å². The molecule has 1 aromatic heterocycles. The van der Waals surface area contributed by atoms with E-state index in [0.717, 1.165) is 0 Å². The van der Waals surface area contributed by atoms with Crippen LogP contribution in [0.15, 0.2) is 23.4 Å². The zero-order valence-corrected chi connectivity index (χ0v) is 10.6. The van der Waals surface area contributed by atoms with Gasteiger partial charge in [-0.2, -0.15) is 0 Å². The number of rotatable bonds is 3. The highest BCUT2D eigenvalue weighted by atomic mass is 35.5. The highest BCUT2D eigenvalue weighted by Gasteiger charge is 2.13. The Kier molecular flexibility index (Phi) is 3.54. The van der Waals surface area contributed by atoms with Gasteiger partial charge in [-0.15, -0.1) is 10.2 Å². The first-order valence-corrected chi connectivity index (χ1v) is 6.39. The van der Waals surface area contributed by atoms with Gasteiger partial charge in [-0.3, -0.25) is 4.57 Å². The third-order valence-electron chi connectivity index (χ3n) is 2.31. The maximum absolute atomic E-state index is 13.6. The van der Waals surface area contributed by atoms with Crippen molar-refractivity contribution in [3.05, 3.63) is 34.6 Å². The number of benzene rings is 1. The molecule has 0 amide bonds. The van der Waals surface area contributed by atoms with E-state index in [2.05, 4.69) is 10.2 Å². The maximum atomic E-state index is 13.6. The van der Waals surface area contributed by atoms with Gasteiger partial charge >= 0.3 is 0 Å². The lowest BCUT2D eigenvalue weighted by molar-refractivity contribution is 0.592. The molecule has 0 atom stereocenters. The first-order valence-electron chi connectivity index (χ1n) is 4.79. The molecule has 0 aliphatic carbocycles. The molecule has 0 bridgehead atoms. The predicted octanol–water partition coefficient (Wildman–Crippen LogP) is 2.42. The highest BCUT2D eigenvalue weighted by Crippen LogP contribution is 2.23. The van der Waals surface area contributed by atoms with E-state index in [-0.39, 0.29) is 18.3 Å². The quantitative estimate of drug-likeness (QED) is 0.872. The second kappa shape index (κ2) is 4.93. The highest BCUT2D eigenvalue weighted by molar-refractivity contribution is 7.98. The van der Waals surface area contributed by atoms with Crippen molar-refractivity contribution in [2.24, 2.45) is 0 Å². The number of anilines is 1. The molecule has 0 saturated carbocycles. The van der Waals surface area contributed by atoms with Gasteiger partial charge in [0.15, 0.2) is 5.16 Å². The third kappa shape index (κ3) is 2.37. The second-order valence-electron chi connectivity index (χ2n) is 3.33.